The zero-order valence-electron chi connectivity index (χ0n) is 5.76. The summed E-state index contributed by atoms with van der Waals surface area (Å²) in [5, 5.41) is 8.89. The van der Waals surface area contributed by atoms with E-state index in [1.807, 2.05) is 0 Å². The van der Waals surface area contributed by atoms with Crippen molar-refractivity contribution in [3.8, 4) is 0 Å². The van der Waals surface area contributed by atoms with Crippen LogP contribution in [0.1, 0.15) is 12.8 Å². The topological polar surface area (TPSA) is 38.7 Å². The minimum absolute atomic E-state index is 0.232. The van der Waals surface area contributed by atoms with Crippen molar-refractivity contribution in [3.63, 3.8) is 0 Å². The molecule has 0 unspecified atom stereocenters. The molecule has 1 saturated carbocycles. The molecule has 0 amide bonds. The molecule has 0 saturated heterocycles. The lowest BCUT2D eigenvalue weighted by atomic mass is 9.88. The summed E-state index contributed by atoms with van der Waals surface area (Å²) in [6.07, 6.45) is 0.963. The molecule has 0 aromatic rings. The molecular weight excluding hydrogens is 120 g/mol. The largest absolute Gasteiger partial charge is 0.393 e. The summed E-state index contributed by atoms with van der Waals surface area (Å²) in [4.78, 5) is 0. The minimum Gasteiger partial charge on any atom is -0.393 e. The highest BCUT2D eigenvalue weighted by molar-refractivity contribution is 4.87. The van der Waals surface area contributed by atoms with Crippen LogP contribution < -0.4 is 0 Å². The predicted octanol–water partition coefficient (Wildman–Crippen LogP) is 0.130. The summed E-state index contributed by atoms with van der Waals surface area (Å²) < 4.78 is 10.0. The highest BCUT2D eigenvalue weighted by Gasteiger charge is 2.44. The maximum absolute atomic E-state index is 8.89. The first-order valence-corrected chi connectivity index (χ1v) is 3.01. The zero-order valence-corrected chi connectivity index (χ0v) is 5.76. The monoisotopic (exact) mass is 132 g/mol. The third-order valence-corrected chi connectivity index (χ3v) is 1.84. The fraction of sp³-hybridized carbons (Fsp3) is 1.00. The van der Waals surface area contributed by atoms with Gasteiger partial charge in [0.25, 0.3) is 0 Å². The summed E-state index contributed by atoms with van der Waals surface area (Å²) in [5.41, 5.74) is 0. The van der Waals surface area contributed by atoms with Crippen molar-refractivity contribution >= 4 is 0 Å². The number of hydrogen-bond acceptors (Lipinski definition) is 3. The molecule has 1 aliphatic rings. The number of hydrogen-bond donors (Lipinski definition) is 1. The van der Waals surface area contributed by atoms with Gasteiger partial charge in [0.05, 0.1) is 6.10 Å². The second-order valence-electron chi connectivity index (χ2n) is 2.38. The van der Waals surface area contributed by atoms with Gasteiger partial charge in [0.1, 0.15) is 0 Å². The van der Waals surface area contributed by atoms with E-state index in [-0.39, 0.29) is 6.10 Å². The van der Waals surface area contributed by atoms with Crippen LogP contribution in [0, 0.1) is 0 Å². The molecule has 0 aromatic heterocycles. The first kappa shape index (κ1) is 6.99. The van der Waals surface area contributed by atoms with Crippen LogP contribution in [0.15, 0.2) is 0 Å². The van der Waals surface area contributed by atoms with Gasteiger partial charge in [-0.2, -0.15) is 0 Å². The van der Waals surface area contributed by atoms with Gasteiger partial charge in [-0.25, -0.2) is 0 Å². The van der Waals surface area contributed by atoms with E-state index < -0.39 is 5.79 Å². The number of aliphatic hydroxyl groups excluding tert-OH is 1. The van der Waals surface area contributed by atoms with Gasteiger partial charge >= 0.3 is 0 Å². The molecule has 1 rings (SSSR count). The van der Waals surface area contributed by atoms with Crippen LogP contribution in [-0.2, 0) is 9.47 Å². The molecule has 3 heteroatoms. The van der Waals surface area contributed by atoms with Crippen molar-refractivity contribution in [1.29, 1.82) is 0 Å². The van der Waals surface area contributed by atoms with E-state index in [1.165, 1.54) is 0 Å². The Balaban J connectivity index is 2.36. The van der Waals surface area contributed by atoms with E-state index in [4.69, 9.17) is 14.6 Å². The Hall–Kier alpha value is -0.120. The molecule has 0 aliphatic heterocycles. The highest BCUT2D eigenvalue weighted by atomic mass is 16.7. The Morgan fingerprint density at radius 3 is 1.89 bits per heavy atom. The first-order chi connectivity index (χ1) is 4.22. The van der Waals surface area contributed by atoms with E-state index in [0.717, 1.165) is 0 Å². The number of ether oxygens (including phenoxy) is 2. The number of rotatable bonds is 2. The van der Waals surface area contributed by atoms with Gasteiger partial charge < -0.3 is 14.6 Å². The van der Waals surface area contributed by atoms with Crippen molar-refractivity contribution in [2.75, 3.05) is 14.2 Å². The van der Waals surface area contributed by atoms with Crippen molar-refractivity contribution < 1.29 is 14.6 Å². The van der Waals surface area contributed by atoms with E-state index in [0.29, 0.717) is 12.8 Å². The minimum atomic E-state index is -0.473. The molecular formula is C6H12O3. The standard InChI is InChI=1S/C6H12O3/c1-8-6(9-2)3-5(7)4-6/h5,7H,3-4H2,1-2H3. The maximum atomic E-state index is 8.89. The van der Waals surface area contributed by atoms with Crippen molar-refractivity contribution in [2.24, 2.45) is 0 Å². The average Bonchev–Trinajstić information content (AvgIpc) is 1.81. The number of methoxy groups -OCH3 is 2. The summed E-state index contributed by atoms with van der Waals surface area (Å²) >= 11 is 0. The lowest BCUT2D eigenvalue weighted by molar-refractivity contribution is -0.281. The smallest absolute Gasteiger partial charge is 0.172 e. The van der Waals surface area contributed by atoms with Crippen LogP contribution in [0.2, 0.25) is 0 Å². The molecule has 1 N–H and O–H groups in total. The molecule has 0 bridgehead atoms. The van der Waals surface area contributed by atoms with Gasteiger partial charge in [-0.1, -0.05) is 0 Å². The Bertz CT molecular complexity index is 90.5. The van der Waals surface area contributed by atoms with Crippen molar-refractivity contribution in [3.05, 3.63) is 0 Å². The molecule has 1 aliphatic carbocycles. The SMILES string of the molecule is COC1(OC)CC(O)C1. The molecule has 0 aromatic carbocycles. The molecule has 0 atom stereocenters. The van der Waals surface area contributed by atoms with Gasteiger partial charge in [0, 0.05) is 27.1 Å². The first-order valence-electron chi connectivity index (χ1n) is 3.01. The molecule has 54 valence electrons. The van der Waals surface area contributed by atoms with E-state index in [2.05, 4.69) is 0 Å². The second kappa shape index (κ2) is 2.25. The molecule has 0 heterocycles. The van der Waals surface area contributed by atoms with Crippen LogP contribution in [-0.4, -0.2) is 31.2 Å². The average molecular weight is 132 g/mol. The summed E-state index contributed by atoms with van der Waals surface area (Å²) in [7, 11) is 3.19. The normalized spacial score (nSPS) is 25.7. The van der Waals surface area contributed by atoms with Crippen LogP contribution >= 0.6 is 0 Å². The second-order valence-corrected chi connectivity index (χ2v) is 2.38. The summed E-state index contributed by atoms with van der Waals surface area (Å²) in [5.74, 6) is -0.473. The van der Waals surface area contributed by atoms with Crippen LogP contribution in [0.5, 0.6) is 0 Å². The van der Waals surface area contributed by atoms with Gasteiger partial charge in [-0.3, -0.25) is 0 Å². The quantitative estimate of drug-likeness (QED) is 0.543. The highest BCUT2D eigenvalue weighted by Crippen LogP contribution is 2.35. The molecule has 1 fully saturated rings. The molecule has 0 spiro atoms. The van der Waals surface area contributed by atoms with Crippen molar-refractivity contribution in [1.82, 2.24) is 0 Å². The fourth-order valence-electron chi connectivity index (χ4n) is 1.07. The lowest BCUT2D eigenvalue weighted by Gasteiger charge is -2.42. The number of aliphatic hydroxyl groups is 1. The van der Waals surface area contributed by atoms with Crippen LogP contribution in [0.3, 0.4) is 0 Å². The predicted molar refractivity (Wildman–Crippen MR) is 32.0 cm³/mol. The van der Waals surface area contributed by atoms with Gasteiger partial charge in [-0.05, 0) is 0 Å². The summed E-state index contributed by atoms with van der Waals surface area (Å²) in [6, 6.07) is 0. The van der Waals surface area contributed by atoms with Gasteiger partial charge in [-0.15, -0.1) is 0 Å². The Morgan fingerprint density at radius 1 is 1.33 bits per heavy atom. The van der Waals surface area contributed by atoms with Gasteiger partial charge in [0.2, 0.25) is 0 Å². The Labute approximate surface area is 54.6 Å². The summed E-state index contributed by atoms with van der Waals surface area (Å²) in [6.45, 7) is 0. The molecule has 0 radical (unpaired) electrons. The van der Waals surface area contributed by atoms with Crippen molar-refractivity contribution in [2.45, 2.75) is 24.7 Å². The zero-order chi connectivity index (χ0) is 6.91. The fourth-order valence-corrected chi connectivity index (χ4v) is 1.07. The van der Waals surface area contributed by atoms with Gasteiger partial charge in [0.15, 0.2) is 5.79 Å². The third-order valence-electron chi connectivity index (χ3n) is 1.84. The van der Waals surface area contributed by atoms with E-state index >= 15 is 0 Å². The maximum Gasteiger partial charge on any atom is 0.172 e. The molecule has 3 nitrogen and oxygen atoms in total. The third kappa shape index (κ3) is 1.08. The lowest BCUT2D eigenvalue weighted by Crippen LogP contribution is -2.50. The van der Waals surface area contributed by atoms with E-state index in [1.54, 1.807) is 14.2 Å². The van der Waals surface area contributed by atoms with Crippen LogP contribution in [0.4, 0.5) is 0 Å². The van der Waals surface area contributed by atoms with E-state index in [9.17, 15) is 0 Å². The Morgan fingerprint density at radius 2 is 1.78 bits per heavy atom. The molecule has 9 heavy (non-hydrogen) atoms. The van der Waals surface area contributed by atoms with Crippen LogP contribution in [0.25, 0.3) is 0 Å². The Kier molecular flexibility index (Phi) is 1.75.